The zero-order valence-electron chi connectivity index (χ0n) is 7.81. The van der Waals surface area contributed by atoms with Gasteiger partial charge in [0.15, 0.2) is 5.11 Å². The van der Waals surface area contributed by atoms with E-state index in [-0.39, 0.29) is 6.17 Å². The molecule has 3 nitrogen and oxygen atoms in total. The van der Waals surface area contributed by atoms with Gasteiger partial charge in [-0.05, 0) is 29.8 Å². The van der Waals surface area contributed by atoms with Crippen LogP contribution in [0.2, 0.25) is 0 Å². The molecule has 1 atom stereocenters. The molecular formula is C10H13N3S. The molecule has 1 aromatic carbocycles. The SMILES string of the molecule is NC(=S)N1CCc2ccccc2C1N. The predicted molar refractivity (Wildman–Crippen MR) is 60.6 cm³/mol. The number of fused-ring (bicyclic) bond motifs is 1. The highest BCUT2D eigenvalue weighted by Gasteiger charge is 2.24. The van der Waals surface area contributed by atoms with Crippen LogP contribution in [-0.2, 0) is 6.42 Å². The van der Waals surface area contributed by atoms with E-state index in [1.165, 1.54) is 5.56 Å². The fourth-order valence-electron chi connectivity index (χ4n) is 1.85. The van der Waals surface area contributed by atoms with Gasteiger partial charge in [0.2, 0.25) is 0 Å². The topological polar surface area (TPSA) is 55.3 Å². The van der Waals surface area contributed by atoms with Gasteiger partial charge in [-0.25, -0.2) is 0 Å². The molecule has 1 unspecified atom stereocenters. The first-order valence-corrected chi connectivity index (χ1v) is 5.00. The maximum absolute atomic E-state index is 6.05. The minimum absolute atomic E-state index is 0.183. The standard InChI is InChI=1S/C10H13N3S/c11-9-8-4-2-1-3-7(8)5-6-13(9)10(12)14/h1-4,9H,5-6,11H2,(H2,12,14). The molecule has 0 spiro atoms. The number of hydrogen-bond acceptors (Lipinski definition) is 2. The summed E-state index contributed by atoms with van der Waals surface area (Å²) in [5.41, 5.74) is 14.1. The van der Waals surface area contributed by atoms with Crippen molar-refractivity contribution in [2.24, 2.45) is 11.5 Å². The third-order valence-electron chi connectivity index (χ3n) is 2.61. The van der Waals surface area contributed by atoms with Gasteiger partial charge in [0, 0.05) is 6.54 Å². The first-order valence-electron chi connectivity index (χ1n) is 4.59. The average Bonchev–Trinajstić information content (AvgIpc) is 2.18. The summed E-state index contributed by atoms with van der Waals surface area (Å²) >= 11 is 4.95. The Morgan fingerprint density at radius 3 is 2.86 bits per heavy atom. The number of benzene rings is 1. The van der Waals surface area contributed by atoms with Crippen LogP contribution in [-0.4, -0.2) is 16.6 Å². The first kappa shape index (κ1) is 9.43. The van der Waals surface area contributed by atoms with Gasteiger partial charge in [-0.3, -0.25) is 0 Å². The van der Waals surface area contributed by atoms with Crippen molar-refractivity contribution < 1.29 is 0 Å². The van der Waals surface area contributed by atoms with E-state index in [4.69, 9.17) is 23.7 Å². The van der Waals surface area contributed by atoms with Crippen LogP contribution in [0.25, 0.3) is 0 Å². The Morgan fingerprint density at radius 2 is 2.14 bits per heavy atom. The number of hydrogen-bond donors (Lipinski definition) is 2. The Balaban J connectivity index is 2.36. The fourth-order valence-corrected chi connectivity index (χ4v) is 2.05. The van der Waals surface area contributed by atoms with Crippen LogP contribution in [0.1, 0.15) is 17.3 Å². The van der Waals surface area contributed by atoms with Crippen molar-refractivity contribution in [1.29, 1.82) is 0 Å². The van der Waals surface area contributed by atoms with Crippen molar-refractivity contribution in [2.75, 3.05) is 6.54 Å². The molecule has 0 radical (unpaired) electrons. The van der Waals surface area contributed by atoms with E-state index in [0.29, 0.717) is 5.11 Å². The molecule has 4 heteroatoms. The zero-order chi connectivity index (χ0) is 10.1. The molecule has 1 heterocycles. The van der Waals surface area contributed by atoms with Crippen molar-refractivity contribution in [1.82, 2.24) is 4.90 Å². The lowest BCUT2D eigenvalue weighted by atomic mass is 9.98. The van der Waals surface area contributed by atoms with E-state index in [1.54, 1.807) is 0 Å². The van der Waals surface area contributed by atoms with Crippen LogP contribution in [0.15, 0.2) is 24.3 Å². The van der Waals surface area contributed by atoms with Crippen molar-refractivity contribution in [3.63, 3.8) is 0 Å². The van der Waals surface area contributed by atoms with E-state index >= 15 is 0 Å². The summed E-state index contributed by atoms with van der Waals surface area (Å²) in [5, 5.41) is 0.381. The lowest BCUT2D eigenvalue weighted by Crippen LogP contribution is -2.46. The van der Waals surface area contributed by atoms with Crippen molar-refractivity contribution in [3.8, 4) is 0 Å². The van der Waals surface area contributed by atoms with E-state index in [0.717, 1.165) is 18.5 Å². The van der Waals surface area contributed by atoms with E-state index in [9.17, 15) is 0 Å². The molecule has 0 aliphatic carbocycles. The Kier molecular flexibility index (Phi) is 2.39. The van der Waals surface area contributed by atoms with Crippen molar-refractivity contribution in [2.45, 2.75) is 12.6 Å². The highest BCUT2D eigenvalue weighted by Crippen LogP contribution is 2.25. The minimum atomic E-state index is -0.183. The number of thiocarbonyl (C=S) groups is 1. The predicted octanol–water partition coefficient (Wildman–Crippen LogP) is 0.746. The fraction of sp³-hybridized carbons (Fsp3) is 0.300. The summed E-state index contributed by atoms with van der Waals surface area (Å²) in [4.78, 5) is 1.86. The van der Waals surface area contributed by atoms with Gasteiger partial charge in [0.25, 0.3) is 0 Å². The molecule has 2 rings (SSSR count). The summed E-state index contributed by atoms with van der Waals surface area (Å²) in [6, 6.07) is 8.15. The molecule has 0 aromatic heterocycles. The summed E-state index contributed by atoms with van der Waals surface area (Å²) < 4.78 is 0. The van der Waals surface area contributed by atoms with Crippen LogP contribution in [0, 0.1) is 0 Å². The Morgan fingerprint density at radius 1 is 1.43 bits per heavy atom. The maximum Gasteiger partial charge on any atom is 0.167 e. The Bertz CT molecular complexity index is 364. The van der Waals surface area contributed by atoms with E-state index in [2.05, 4.69) is 6.07 Å². The maximum atomic E-state index is 6.05. The third-order valence-corrected chi connectivity index (χ3v) is 2.85. The smallest absolute Gasteiger partial charge is 0.167 e. The highest BCUT2D eigenvalue weighted by atomic mass is 32.1. The molecule has 1 aliphatic heterocycles. The Labute approximate surface area is 88.7 Å². The summed E-state index contributed by atoms with van der Waals surface area (Å²) in [6.07, 6.45) is 0.777. The van der Waals surface area contributed by atoms with E-state index in [1.807, 2.05) is 23.1 Å². The quantitative estimate of drug-likeness (QED) is 0.616. The second-order valence-corrected chi connectivity index (χ2v) is 3.84. The molecule has 0 fully saturated rings. The molecule has 0 saturated heterocycles. The summed E-state index contributed by atoms with van der Waals surface area (Å²) in [6.45, 7) is 0.813. The minimum Gasteiger partial charge on any atom is -0.376 e. The van der Waals surface area contributed by atoms with Crippen LogP contribution >= 0.6 is 12.2 Å². The third kappa shape index (κ3) is 1.47. The molecule has 4 N–H and O–H groups in total. The molecule has 14 heavy (non-hydrogen) atoms. The molecule has 1 aromatic rings. The zero-order valence-corrected chi connectivity index (χ0v) is 8.63. The number of nitrogens with two attached hydrogens (primary N) is 2. The largest absolute Gasteiger partial charge is 0.376 e. The summed E-state index contributed by atoms with van der Waals surface area (Å²) in [5.74, 6) is 0. The van der Waals surface area contributed by atoms with Crippen LogP contribution in [0.4, 0.5) is 0 Å². The number of rotatable bonds is 0. The van der Waals surface area contributed by atoms with Gasteiger partial charge >= 0.3 is 0 Å². The molecule has 1 aliphatic rings. The van der Waals surface area contributed by atoms with Gasteiger partial charge in [0.05, 0.1) is 0 Å². The molecule has 0 bridgehead atoms. The average molecular weight is 207 g/mol. The second-order valence-electron chi connectivity index (χ2n) is 3.43. The van der Waals surface area contributed by atoms with Crippen LogP contribution in [0.5, 0.6) is 0 Å². The highest BCUT2D eigenvalue weighted by molar-refractivity contribution is 7.80. The van der Waals surface area contributed by atoms with Gasteiger partial charge in [-0.1, -0.05) is 24.3 Å². The second kappa shape index (κ2) is 3.55. The van der Waals surface area contributed by atoms with Gasteiger partial charge < -0.3 is 16.4 Å². The van der Waals surface area contributed by atoms with Crippen LogP contribution in [0.3, 0.4) is 0 Å². The van der Waals surface area contributed by atoms with Gasteiger partial charge in [-0.15, -0.1) is 0 Å². The monoisotopic (exact) mass is 207 g/mol. The van der Waals surface area contributed by atoms with Gasteiger partial charge in [0.1, 0.15) is 6.17 Å². The number of nitrogens with zero attached hydrogens (tertiary/aromatic N) is 1. The van der Waals surface area contributed by atoms with Crippen molar-refractivity contribution in [3.05, 3.63) is 35.4 Å². The molecule has 0 amide bonds. The van der Waals surface area contributed by atoms with Gasteiger partial charge in [-0.2, -0.15) is 0 Å². The summed E-state index contributed by atoms with van der Waals surface area (Å²) in [7, 11) is 0. The molecule has 0 saturated carbocycles. The molecule has 74 valence electrons. The van der Waals surface area contributed by atoms with E-state index < -0.39 is 0 Å². The van der Waals surface area contributed by atoms with Crippen molar-refractivity contribution >= 4 is 17.3 Å². The first-order chi connectivity index (χ1) is 6.70. The molecular weight excluding hydrogens is 194 g/mol. The Hall–Kier alpha value is -1.13. The van der Waals surface area contributed by atoms with Crippen LogP contribution < -0.4 is 11.5 Å². The normalized spacial score (nSPS) is 20.4. The lowest BCUT2D eigenvalue weighted by molar-refractivity contribution is 0.308. The lowest BCUT2D eigenvalue weighted by Gasteiger charge is -2.35.